The summed E-state index contributed by atoms with van der Waals surface area (Å²) in [6.45, 7) is 2.98. The fourth-order valence-electron chi connectivity index (χ4n) is 1.65. The van der Waals surface area contributed by atoms with Crippen LogP contribution < -0.4 is 10.9 Å². The molecule has 0 saturated carbocycles. The van der Waals surface area contributed by atoms with Crippen LogP contribution in [0.2, 0.25) is 0 Å². The van der Waals surface area contributed by atoms with Gasteiger partial charge in [0.2, 0.25) is 0 Å². The van der Waals surface area contributed by atoms with Gasteiger partial charge in [-0.2, -0.15) is 0 Å². The van der Waals surface area contributed by atoms with Gasteiger partial charge in [-0.05, 0) is 12.1 Å². The van der Waals surface area contributed by atoms with Gasteiger partial charge in [-0.1, -0.05) is 49.4 Å². The van der Waals surface area contributed by atoms with Gasteiger partial charge in [0.25, 0.3) is 0 Å². The van der Waals surface area contributed by atoms with Gasteiger partial charge in [-0.3, -0.25) is 4.79 Å². The van der Waals surface area contributed by atoms with Crippen LogP contribution in [0.25, 0.3) is 0 Å². The average molecular weight is 240 g/mol. The largest absolute Gasteiger partial charge is 0.322 e. The quantitative estimate of drug-likeness (QED) is 0.798. The van der Waals surface area contributed by atoms with Gasteiger partial charge in [-0.25, -0.2) is 5.43 Å². The van der Waals surface area contributed by atoms with E-state index in [9.17, 15) is 4.79 Å². The van der Waals surface area contributed by atoms with Crippen LogP contribution in [0.4, 0.5) is 5.69 Å². The second-order valence-electron chi connectivity index (χ2n) is 3.93. The molecule has 2 aliphatic rings. The molecule has 3 heteroatoms. The Hall–Kier alpha value is -2.13. The maximum atomic E-state index is 10.8. The molecule has 1 aromatic rings. The molecule has 2 bridgehead atoms. The van der Waals surface area contributed by atoms with E-state index in [1.165, 1.54) is 0 Å². The molecule has 0 spiro atoms. The first-order valence-corrected chi connectivity index (χ1v) is 6.00. The second-order valence-corrected chi connectivity index (χ2v) is 3.93. The molecule has 3 rings (SSSR count). The average Bonchev–Trinajstić information content (AvgIpc) is 2.96. The Morgan fingerprint density at radius 1 is 1.00 bits per heavy atom. The number of benzene rings is 1. The zero-order valence-electron chi connectivity index (χ0n) is 10.3. The molecule has 0 aromatic heterocycles. The highest BCUT2D eigenvalue weighted by Gasteiger charge is 2.19. The van der Waals surface area contributed by atoms with Crippen LogP contribution in [0.1, 0.15) is 6.92 Å². The summed E-state index contributed by atoms with van der Waals surface area (Å²) < 4.78 is 0. The molecule has 0 radical (unpaired) electrons. The molecule has 1 aromatic carbocycles. The number of allylic oxidation sites excluding steroid dienone is 6. The molecule has 0 saturated heterocycles. The number of rotatable bonds is 3. The second kappa shape index (κ2) is 5.98. The minimum Gasteiger partial charge on any atom is -0.322 e. The Bertz CT molecular complexity index is 489. The van der Waals surface area contributed by atoms with Crippen LogP contribution >= 0.6 is 0 Å². The van der Waals surface area contributed by atoms with E-state index in [0.29, 0.717) is 0 Å². The third kappa shape index (κ3) is 2.96. The van der Waals surface area contributed by atoms with Crippen molar-refractivity contribution in [3.05, 3.63) is 65.8 Å². The van der Waals surface area contributed by atoms with Gasteiger partial charge in [0.05, 0.1) is 0 Å². The predicted octanol–water partition coefficient (Wildman–Crippen LogP) is 2.61. The first-order chi connectivity index (χ1) is 8.81. The minimum absolute atomic E-state index is 0.185. The molecule has 0 heterocycles. The molecule has 0 unspecified atom stereocenters. The third-order valence-electron chi connectivity index (χ3n) is 2.59. The molecule has 3 nitrogen and oxygen atoms in total. The third-order valence-corrected chi connectivity index (χ3v) is 2.59. The van der Waals surface area contributed by atoms with Crippen LogP contribution in [-0.4, -0.2) is 12.3 Å². The Morgan fingerprint density at radius 2 is 1.61 bits per heavy atom. The van der Waals surface area contributed by atoms with Crippen molar-refractivity contribution in [1.29, 1.82) is 0 Å². The number of para-hydroxylation sites is 1. The number of carbonyl (C=O) groups excluding carboxylic acids is 1. The van der Waals surface area contributed by atoms with Crippen LogP contribution in [0.3, 0.4) is 0 Å². The number of hydrogen-bond donors (Lipinski definition) is 2. The number of hydrazine groups is 1. The van der Waals surface area contributed by atoms with E-state index in [1.54, 1.807) is 0 Å². The summed E-state index contributed by atoms with van der Waals surface area (Å²) in [5.74, 6) is 0.185. The van der Waals surface area contributed by atoms with Crippen LogP contribution in [0.5, 0.6) is 0 Å². The number of hydrogen-bond acceptors (Lipinski definition) is 3. The normalized spacial score (nSPS) is 14.8. The lowest BCUT2D eigenvalue weighted by Crippen LogP contribution is -2.20. The Kier molecular flexibility index (Phi) is 4.10. The van der Waals surface area contributed by atoms with Gasteiger partial charge >= 0.3 is 0 Å². The molecular weight excluding hydrogens is 224 g/mol. The Labute approximate surface area is 107 Å². The van der Waals surface area contributed by atoms with Crippen LogP contribution in [0.15, 0.2) is 65.8 Å². The molecule has 0 amide bonds. The monoisotopic (exact) mass is 240 g/mol. The lowest BCUT2D eigenvalue weighted by molar-refractivity contribution is -0.111. The lowest BCUT2D eigenvalue weighted by atomic mass is 10.2. The first kappa shape index (κ1) is 12.3. The zero-order chi connectivity index (χ0) is 12.8. The number of nitrogens with one attached hydrogen (secondary N) is 2. The van der Waals surface area contributed by atoms with Crippen LogP contribution in [0, 0.1) is 0 Å². The summed E-state index contributed by atoms with van der Waals surface area (Å²) in [7, 11) is 0. The molecule has 2 aliphatic carbocycles. The van der Waals surface area contributed by atoms with Gasteiger partial charge in [0.15, 0.2) is 5.78 Å². The van der Waals surface area contributed by atoms with Gasteiger partial charge in [0.1, 0.15) is 0 Å². The molecular formula is C15H16N2O. The van der Waals surface area contributed by atoms with Crippen molar-refractivity contribution in [3.63, 3.8) is 0 Å². The Balaban J connectivity index is 0.000000136. The van der Waals surface area contributed by atoms with E-state index < -0.39 is 0 Å². The van der Waals surface area contributed by atoms with E-state index in [0.717, 1.165) is 23.4 Å². The summed E-state index contributed by atoms with van der Waals surface area (Å²) in [5.41, 5.74) is 8.83. The lowest BCUT2D eigenvalue weighted by Gasteiger charge is -2.03. The highest BCUT2D eigenvalue weighted by atomic mass is 16.1. The van der Waals surface area contributed by atoms with E-state index in [4.69, 9.17) is 0 Å². The number of anilines is 1. The topological polar surface area (TPSA) is 41.1 Å². The standard InChI is InChI=1S/C8H12N2.C7H4O/c1-2-9-10-8-6-4-3-5-7-8;8-7-5-1-2-6(7)4-3-5/h3-7,9-10H,2H2,1H3;1-4H. The van der Waals surface area contributed by atoms with Gasteiger partial charge in [-0.15, -0.1) is 0 Å². The maximum Gasteiger partial charge on any atom is 0.193 e. The van der Waals surface area contributed by atoms with Crippen molar-refractivity contribution in [2.75, 3.05) is 12.0 Å². The predicted molar refractivity (Wildman–Crippen MR) is 74.1 cm³/mol. The number of Topliss-reactive ketones (excluding diaryl/α,β-unsaturated/α-hetero) is 1. The van der Waals surface area contributed by atoms with Crippen molar-refractivity contribution in [2.45, 2.75) is 6.92 Å². The van der Waals surface area contributed by atoms with Gasteiger partial charge in [0, 0.05) is 23.4 Å². The smallest absolute Gasteiger partial charge is 0.193 e. The molecule has 0 atom stereocenters. The SMILES string of the molecule is CCNNc1ccccc1.O=C1C2=CC=C1C=C2. The number of ketones is 1. The van der Waals surface area contributed by atoms with Crippen molar-refractivity contribution < 1.29 is 4.79 Å². The molecule has 2 N–H and O–H groups in total. The maximum absolute atomic E-state index is 10.8. The zero-order valence-corrected chi connectivity index (χ0v) is 10.3. The summed E-state index contributed by atoms with van der Waals surface area (Å²) in [4.78, 5) is 10.8. The van der Waals surface area contributed by atoms with Gasteiger partial charge < -0.3 is 5.43 Å². The molecule has 18 heavy (non-hydrogen) atoms. The molecule has 0 aliphatic heterocycles. The van der Waals surface area contributed by atoms with E-state index in [-0.39, 0.29) is 5.78 Å². The fourth-order valence-corrected chi connectivity index (χ4v) is 1.65. The summed E-state index contributed by atoms with van der Waals surface area (Å²) >= 11 is 0. The van der Waals surface area contributed by atoms with E-state index >= 15 is 0 Å². The van der Waals surface area contributed by atoms with E-state index in [2.05, 4.69) is 17.8 Å². The van der Waals surface area contributed by atoms with Crippen molar-refractivity contribution >= 4 is 11.5 Å². The van der Waals surface area contributed by atoms with Crippen LogP contribution in [-0.2, 0) is 4.79 Å². The first-order valence-electron chi connectivity index (χ1n) is 6.00. The number of fused-ring (bicyclic) bond motifs is 2. The Morgan fingerprint density at radius 3 is 2.00 bits per heavy atom. The van der Waals surface area contributed by atoms with Crippen molar-refractivity contribution in [2.24, 2.45) is 0 Å². The summed E-state index contributed by atoms with van der Waals surface area (Å²) in [6.07, 6.45) is 7.38. The van der Waals surface area contributed by atoms with E-state index in [1.807, 2.05) is 54.6 Å². The highest BCUT2D eigenvalue weighted by Crippen LogP contribution is 2.23. The highest BCUT2D eigenvalue weighted by molar-refractivity contribution is 6.17. The molecule has 92 valence electrons. The van der Waals surface area contributed by atoms with Crippen molar-refractivity contribution in [3.8, 4) is 0 Å². The number of carbonyl (C=O) groups is 1. The summed E-state index contributed by atoms with van der Waals surface area (Å²) in [5, 5.41) is 0. The fraction of sp³-hybridized carbons (Fsp3) is 0.133. The minimum atomic E-state index is 0.185. The van der Waals surface area contributed by atoms with Crippen molar-refractivity contribution in [1.82, 2.24) is 5.43 Å². The summed E-state index contributed by atoms with van der Waals surface area (Å²) in [6, 6.07) is 10.0. The molecule has 0 fully saturated rings.